The summed E-state index contributed by atoms with van der Waals surface area (Å²) in [5.41, 5.74) is 9.49. The molecule has 0 bridgehead atoms. The van der Waals surface area contributed by atoms with E-state index in [9.17, 15) is 10.1 Å². The molecule has 1 amide bonds. The Bertz CT molecular complexity index is 1220. The van der Waals surface area contributed by atoms with Crippen LogP contribution in [-0.2, 0) is 11.2 Å². The lowest BCUT2D eigenvalue weighted by molar-refractivity contribution is -0.112. The van der Waals surface area contributed by atoms with Crippen LogP contribution in [0.15, 0.2) is 48.0 Å². The Morgan fingerprint density at radius 3 is 2.45 bits per heavy atom. The molecule has 158 valence electrons. The molecule has 0 aliphatic heterocycles. The smallest absolute Gasteiger partial charge is 0.266 e. The van der Waals surface area contributed by atoms with Gasteiger partial charge >= 0.3 is 0 Å². The van der Waals surface area contributed by atoms with Crippen LogP contribution in [-0.4, -0.2) is 10.5 Å². The maximum atomic E-state index is 12.8. The third-order valence-electron chi connectivity index (χ3n) is 5.69. The second kappa shape index (κ2) is 9.06. The number of hydrogen-bond donors (Lipinski definition) is 1. The summed E-state index contributed by atoms with van der Waals surface area (Å²) in [5, 5.41) is 12.5. The van der Waals surface area contributed by atoms with Crippen molar-refractivity contribution in [3.63, 3.8) is 0 Å². The number of para-hydroxylation sites is 1. The number of nitrogens with one attached hydrogen (secondary N) is 1. The first-order valence-corrected chi connectivity index (χ1v) is 10.5. The van der Waals surface area contributed by atoms with Gasteiger partial charge in [0.2, 0.25) is 0 Å². The molecule has 1 heterocycles. The summed E-state index contributed by atoms with van der Waals surface area (Å²) < 4.78 is 2.22. The molecule has 0 saturated heterocycles. The van der Waals surface area contributed by atoms with Gasteiger partial charge in [-0.2, -0.15) is 5.26 Å². The van der Waals surface area contributed by atoms with Crippen LogP contribution in [0, 0.1) is 45.9 Å². The SMILES string of the molecule is CCc1cccc(C)c1-n1c(C)cc(/C=C(/C#N)C(=O)Nc2ccc(C)cc2C)c1C. The van der Waals surface area contributed by atoms with E-state index in [4.69, 9.17) is 0 Å². The fourth-order valence-corrected chi connectivity index (χ4v) is 4.05. The molecule has 0 spiro atoms. The molecule has 3 rings (SSSR count). The van der Waals surface area contributed by atoms with Gasteiger partial charge in [0.25, 0.3) is 5.91 Å². The van der Waals surface area contributed by atoms with Gasteiger partial charge in [-0.15, -0.1) is 0 Å². The number of aromatic nitrogens is 1. The molecule has 31 heavy (non-hydrogen) atoms. The molecule has 0 aliphatic carbocycles. The van der Waals surface area contributed by atoms with E-state index in [1.165, 1.54) is 16.8 Å². The third kappa shape index (κ3) is 4.46. The van der Waals surface area contributed by atoms with Gasteiger partial charge in [0.05, 0.1) is 5.69 Å². The van der Waals surface area contributed by atoms with E-state index in [1.54, 1.807) is 6.08 Å². The monoisotopic (exact) mass is 411 g/mol. The first-order chi connectivity index (χ1) is 14.8. The van der Waals surface area contributed by atoms with Gasteiger partial charge in [0, 0.05) is 17.1 Å². The van der Waals surface area contributed by atoms with Gasteiger partial charge in [-0.1, -0.05) is 42.8 Å². The molecule has 1 aromatic heterocycles. The number of aryl methyl sites for hydroxylation is 5. The number of amides is 1. The van der Waals surface area contributed by atoms with Crippen molar-refractivity contribution < 1.29 is 4.79 Å². The lowest BCUT2D eigenvalue weighted by Gasteiger charge is -2.17. The molecule has 0 fully saturated rings. The number of anilines is 1. The maximum Gasteiger partial charge on any atom is 0.266 e. The highest BCUT2D eigenvalue weighted by atomic mass is 16.1. The van der Waals surface area contributed by atoms with Crippen LogP contribution >= 0.6 is 0 Å². The van der Waals surface area contributed by atoms with Crippen molar-refractivity contribution >= 4 is 17.7 Å². The summed E-state index contributed by atoms with van der Waals surface area (Å²) >= 11 is 0. The average Bonchev–Trinajstić information content (AvgIpc) is 3.00. The van der Waals surface area contributed by atoms with Crippen molar-refractivity contribution in [1.29, 1.82) is 5.26 Å². The van der Waals surface area contributed by atoms with Crippen LogP contribution in [0.2, 0.25) is 0 Å². The minimum Gasteiger partial charge on any atom is -0.321 e. The number of nitriles is 1. The zero-order chi connectivity index (χ0) is 22.7. The highest BCUT2D eigenvalue weighted by Crippen LogP contribution is 2.28. The number of rotatable bonds is 5. The predicted molar refractivity (Wildman–Crippen MR) is 127 cm³/mol. The molecule has 0 radical (unpaired) electrons. The fraction of sp³-hybridized carbons (Fsp3) is 0.259. The van der Waals surface area contributed by atoms with E-state index in [0.717, 1.165) is 40.2 Å². The maximum absolute atomic E-state index is 12.8. The largest absolute Gasteiger partial charge is 0.321 e. The Hall–Kier alpha value is -3.58. The summed E-state index contributed by atoms with van der Waals surface area (Å²) in [4.78, 5) is 12.8. The number of benzene rings is 2. The lowest BCUT2D eigenvalue weighted by Crippen LogP contribution is -2.14. The zero-order valence-electron chi connectivity index (χ0n) is 19.1. The van der Waals surface area contributed by atoms with Gasteiger partial charge in [-0.25, -0.2) is 0 Å². The Morgan fingerprint density at radius 2 is 1.81 bits per heavy atom. The second-order valence-corrected chi connectivity index (χ2v) is 8.04. The lowest BCUT2D eigenvalue weighted by atomic mass is 10.1. The van der Waals surface area contributed by atoms with E-state index in [0.29, 0.717) is 0 Å². The molecule has 0 saturated carbocycles. The van der Waals surface area contributed by atoms with Crippen molar-refractivity contribution in [2.75, 3.05) is 5.32 Å². The molecular formula is C27H29N3O. The average molecular weight is 412 g/mol. The summed E-state index contributed by atoms with van der Waals surface area (Å²) in [5.74, 6) is -0.399. The van der Waals surface area contributed by atoms with Gasteiger partial charge in [0.15, 0.2) is 0 Å². The summed E-state index contributed by atoms with van der Waals surface area (Å²) in [6.45, 7) is 12.3. The molecular weight excluding hydrogens is 382 g/mol. The number of carbonyl (C=O) groups excluding carboxylic acids is 1. The molecule has 4 heteroatoms. The van der Waals surface area contributed by atoms with Gasteiger partial charge in [-0.05, 0) is 81.5 Å². The second-order valence-electron chi connectivity index (χ2n) is 8.04. The van der Waals surface area contributed by atoms with Crippen LogP contribution in [0.1, 0.15) is 46.1 Å². The number of carbonyl (C=O) groups is 1. The van der Waals surface area contributed by atoms with Gasteiger partial charge in [-0.3, -0.25) is 4.79 Å². The van der Waals surface area contributed by atoms with Crippen LogP contribution in [0.25, 0.3) is 11.8 Å². The Morgan fingerprint density at radius 1 is 1.06 bits per heavy atom. The topological polar surface area (TPSA) is 57.8 Å². The summed E-state index contributed by atoms with van der Waals surface area (Å²) in [6.07, 6.45) is 2.61. The van der Waals surface area contributed by atoms with Crippen LogP contribution in [0.4, 0.5) is 5.69 Å². The van der Waals surface area contributed by atoms with Crippen LogP contribution < -0.4 is 5.32 Å². The number of nitrogens with zero attached hydrogens (tertiary/aromatic N) is 2. The van der Waals surface area contributed by atoms with Crippen LogP contribution in [0.3, 0.4) is 0 Å². The molecule has 3 aromatic rings. The van der Waals surface area contributed by atoms with Crippen molar-refractivity contribution in [2.24, 2.45) is 0 Å². The fourth-order valence-electron chi connectivity index (χ4n) is 4.05. The highest BCUT2D eigenvalue weighted by molar-refractivity contribution is 6.10. The minimum absolute atomic E-state index is 0.0840. The van der Waals surface area contributed by atoms with E-state index in [-0.39, 0.29) is 5.57 Å². The van der Waals surface area contributed by atoms with E-state index in [2.05, 4.69) is 54.9 Å². The van der Waals surface area contributed by atoms with E-state index < -0.39 is 5.91 Å². The molecule has 4 nitrogen and oxygen atoms in total. The van der Waals surface area contributed by atoms with Crippen molar-refractivity contribution in [2.45, 2.75) is 48.0 Å². The summed E-state index contributed by atoms with van der Waals surface area (Å²) in [6, 6.07) is 16.3. The van der Waals surface area contributed by atoms with E-state index in [1.807, 2.05) is 45.0 Å². The van der Waals surface area contributed by atoms with Gasteiger partial charge < -0.3 is 9.88 Å². The molecule has 1 N–H and O–H groups in total. The van der Waals surface area contributed by atoms with Crippen molar-refractivity contribution in [3.05, 3.63) is 87.2 Å². The molecule has 0 unspecified atom stereocenters. The molecule has 0 atom stereocenters. The standard InChI is InChI=1S/C27H29N3O/c1-7-22-10-8-9-18(3)26(22)30-20(5)14-23(21(30)6)15-24(16-28)27(31)29-25-12-11-17(2)13-19(25)4/h8-15H,7H2,1-6H3,(H,29,31)/b24-15-. The highest BCUT2D eigenvalue weighted by Gasteiger charge is 2.17. The Labute approximate surface area is 184 Å². The quantitative estimate of drug-likeness (QED) is 0.406. The third-order valence-corrected chi connectivity index (χ3v) is 5.69. The Balaban J connectivity index is 2.01. The minimum atomic E-state index is -0.399. The van der Waals surface area contributed by atoms with Gasteiger partial charge in [0.1, 0.15) is 11.6 Å². The first-order valence-electron chi connectivity index (χ1n) is 10.5. The van der Waals surface area contributed by atoms with Crippen molar-refractivity contribution in [1.82, 2.24) is 4.57 Å². The first kappa shape index (κ1) is 22.1. The molecule has 2 aromatic carbocycles. The summed E-state index contributed by atoms with van der Waals surface area (Å²) in [7, 11) is 0. The Kier molecular flexibility index (Phi) is 6.46. The van der Waals surface area contributed by atoms with Crippen molar-refractivity contribution in [3.8, 4) is 11.8 Å². The zero-order valence-corrected chi connectivity index (χ0v) is 19.1. The van der Waals surface area contributed by atoms with Crippen LogP contribution in [0.5, 0.6) is 0 Å². The van der Waals surface area contributed by atoms with E-state index >= 15 is 0 Å². The molecule has 0 aliphatic rings. The predicted octanol–water partition coefficient (Wildman–Crippen LogP) is 6.13. The number of hydrogen-bond acceptors (Lipinski definition) is 2. The normalized spacial score (nSPS) is 11.3.